The quantitative estimate of drug-likeness (QED) is 0.800. The molecule has 0 aromatic carbocycles. The molecule has 3 amide bonds. The second-order valence-corrected chi connectivity index (χ2v) is 5.62. The summed E-state index contributed by atoms with van der Waals surface area (Å²) in [7, 11) is 0. The summed E-state index contributed by atoms with van der Waals surface area (Å²) in [6.07, 6.45) is 3.09. The zero-order valence-electron chi connectivity index (χ0n) is 12.7. The number of carbonyl (C=O) groups excluding carboxylic acids is 3. The number of aromatic amines is 1. The molecule has 1 aromatic rings. The van der Waals surface area contributed by atoms with Crippen LogP contribution in [0.4, 0.5) is 0 Å². The SMILES string of the molecule is O=C1CCC(C(=O)N2CCCN(C(=O)c3ccc[nH]3)CC2)=NN1. The summed E-state index contributed by atoms with van der Waals surface area (Å²) in [4.78, 5) is 42.3. The highest BCUT2D eigenvalue weighted by molar-refractivity contribution is 6.39. The number of carbonyl (C=O) groups is 3. The van der Waals surface area contributed by atoms with Crippen LogP contribution in [-0.2, 0) is 9.59 Å². The van der Waals surface area contributed by atoms with Crippen LogP contribution in [0.15, 0.2) is 23.4 Å². The first kappa shape index (κ1) is 15.3. The molecule has 1 fully saturated rings. The Morgan fingerprint density at radius 1 is 1.04 bits per heavy atom. The first-order valence-electron chi connectivity index (χ1n) is 7.72. The van der Waals surface area contributed by atoms with Crippen LogP contribution in [0.5, 0.6) is 0 Å². The minimum Gasteiger partial charge on any atom is -0.357 e. The van der Waals surface area contributed by atoms with Gasteiger partial charge in [-0.25, -0.2) is 5.43 Å². The number of hydrazone groups is 1. The lowest BCUT2D eigenvalue weighted by Gasteiger charge is -2.23. The van der Waals surface area contributed by atoms with Gasteiger partial charge in [-0.05, 0) is 18.6 Å². The number of hydrogen-bond acceptors (Lipinski definition) is 4. The second-order valence-electron chi connectivity index (χ2n) is 5.62. The van der Waals surface area contributed by atoms with Crippen molar-refractivity contribution < 1.29 is 14.4 Å². The maximum Gasteiger partial charge on any atom is 0.270 e. The third-order valence-corrected chi connectivity index (χ3v) is 4.05. The normalized spacial score (nSPS) is 19.0. The van der Waals surface area contributed by atoms with Crippen LogP contribution < -0.4 is 5.43 Å². The molecule has 122 valence electrons. The number of hydrogen-bond donors (Lipinski definition) is 2. The first-order valence-corrected chi connectivity index (χ1v) is 7.72. The summed E-state index contributed by atoms with van der Waals surface area (Å²) in [5, 5.41) is 3.85. The van der Waals surface area contributed by atoms with Crippen molar-refractivity contribution in [1.82, 2.24) is 20.2 Å². The Balaban J connectivity index is 1.61. The number of rotatable bonds is 2. The Labute approximate surface area is 133 Å². The van der Waals surface area contributed by atoms with Crippen molar-refractivity contribution in [2.24, 2.45) is 5.10 Å². The first-order chi connectivity index (χ1) is 11.1. The minimum atomic E-state index is -0.167. The molecule has 8 heteroatoms. The second kappa shape index (κ2) is 6.64. The lowest BCUT2D eigenvalue weighted by Crippen LogP contribution is -2.42. The molecule has 3 rings (SSSR count). The van der Waals surface area contributed by atoms with Gasteiger partial charge in [-0.3, -0.25) is 14.4 Å². The van der Waals surface area contributed by atoms with Gasteiger partial charge < -0.3 is 14.8 Å². The zero-order valence-corrected chi connectivity index (χ0v) is 12.7. The van der Waals surface area contributed by atoms with Gasteiger partial charge in [0.15, 0.2) is 0 Å². The fourth-order valence-electron chi connectivity index (χ4n) is 2.77. The van der Waals surface area contributed by atoms with Gasteiger partial charge in [0.1, 0.15) is 11.4 Å². The summed E-state index contributed by atoms with van der Waals surface area (Å²) in [6, 6.07) is 3.53. The van der Waals surface area contributed by atoms with E-state index in [0.717, 1.165) is 6.42 Å². The molecule has 2 N–H and O–H groups in total. The molecular weight excluding hydrogens is 298 g/mol. The van der Waals surface area contributed by atoms with E-state index in [1.165, 1.54) is 0 Å². The molecule has 1 aromatic heterocycles. The fourth-order valence-corrected chi connectivity index (χ4v) is 2.77. The molecule has 2 aliphatic rings. The predicted molar refractivity (Wildman–Crippen MR) is 82.7 cm³/mol. The monoisotopic (exact) mass is 317 g/mol. The Morgan fingerprint density at radius 2 is 1.78 bits per heavy atom. The van der Waals surface area contributed by atoms with E-state index in [-0.39, 0.29) is 24.1 Å². The maximum absolute atomic E-state index is 12.5. The summed E-state index contributed by atoms with van der Waals surface area (Å²) in [5.74, 6) is -0.370. The molecule has 2 aliphatic heterocycles. The maximum atomic E-state index is 12.5. The highest BCUT2D eigenvalue weighted by Gasteiger charge is 2.27. The van der Waals surface area contributed by atoms with Crippen molar-refractivity contribution in [1.29, 1.82) is 0 Å². The van der Waals surface area contributed by atoms with E-state index in [0.29, 0.717) is 44.0 Å². The molecule has 8 nitrogen and oxygen atoms in total. The fraction of sp³-hybridized carbons (Fsp3) is 0.467. The van der Waals surface area contributed by atoms with Gasteiger partial charge in [0.25, 0.3) is 11.8 Å². The molecule has 0 atom stereocenters. The zero-order chi connectivity index (χ0) is 16.2. The molecule has 0 saturated carbocycles. The van der Waals surface area contributed by atoms with E-state index in [4.69, 9.17) is 0 Å². The molecule has 0 aliphatic carbocycles. The molecule has 1 saturated heterocycles. The molecule has 0 bridgehead atoms. The van der Waals surface area contributed by atoms with Crippen LogP contribution in [0.3, 0.4) is 0 Å². The summed E-state index contributed by atoms with van der Waals surface area (Å²) >= 11 is 0. The molecule has 23 heavy (non-hydrogen) atoms. The van der Waals surface area contributed by atoms with Crippen molar-refractivity contribution in [3.63, 3.8) is 0 Å². The van der Waals surface area contributed by atoms with Crippen molar-refractivity contribution in [2.75, 3.05) is 26.2 Å². The Bertz CT molecular complexity index is 638. The lowest BCUT2D eigenvalue weighted by atomic mass is 10.1. The lowest BCUT2D eigenvalue weighted by molar-refractivity contribution is -0.124. The van der Waals surface area contributed by atoms with E-state index in [1.807, 2.05) is 0 Å². The highest BCUT2D eigenvalue weighted by atomic mass is 16.2. The summed E-state index contributed by atoms with van der Waals surface area (Å²) in [5.41, 5.74) is 3.29. The van der Waals surface area contributed by atoms with Crippen LogP contribution in [0.25, 0.3) is 0 Å². The van der Waals surface area contributed by atoms with E-state index in [1.54, 1.807) is 28.1 Å². The predicted octanol–water partition coefficient (Wildman–Crippen LogP) is -0.0448. The molecule has 3 heterocycles. The number of nitrogens with one attached hydrogen (secondary N) is 2. The van der Waals surface area contributed by atoms with Crippen molar-refractivity contribution >= 4 is 23.4 Å². The third-order valence-electron chi connectivity index (χ3n) is 4.05. The van der Waals surface area contributed by atoms with Crippen LogP contribution in [0.1, 0.15) is 29.8 Å². The van der Waals surface area contributed by atoms with Gasteiger partial charge in [-0.1, -0.05) is 0 Å². The van der Waals surface area contributed by atoms with Crippen molar-refractivity contribution in [3.8, 4) is 0 Å². The number of amides is 3. The number of nitrogens with zero attached hydrogens (tertiary/aromatic N) is 3. The van der Waals surface area contributed by atoms with Gasteiger partial charge in [0, 0.05) is 45.2 Å². The topological polar surface area (TPSA) is 97.9 Å². The average molecular weight is 317 g/mol. The summed E-state index contributed by atoms with van der Waals surface area (Å²) in [6.45, 7) is 2.16. The van der Waals surface area contributed by atoms with E-state index < -0.39 is 0 Å². The molecular formula is C15H19N5O3. The van der Waals surface area contributed by atoms with Crippen LogP contribution >= 0.6 is 0 Å². The van der Waals surface area contributed by atoms with Crippen molar-refractivity contribution in [3.05, 3.63) is 24.0 Å². The third kappa shape index (κ3) is 3.41. The van der Waals surface area contributed by atoms with Crippen LogP contribution in [0.2, 0.25) is 0 Å². The highest BCUT2D eigenvalue weighted by Crippen LogP contribution is 2.10. The van der Waals surface area contributed by atoms with Gasteiger partial charge in [0.2, 0.25) is 5.91 Å². The van der Waals surface area contributed by atoms with Crippen LogP contribution in [0, 0.1) is 0 Å². The van der Waals surface area contributed by atoms with Gasteiger partial charge in [-0.2, -0.15) is 5.10 Å². The van der Waals surface area contributed by atoms with Crippen LogP contribution in [-0.4, -0.2) is 64.4 Å². The van der Waals surface area contributed by atoms with E-state index >= 15 is 0 Å². The Kier molecular flexibility index (Phi) is 4.40. The minimum absolute atomic E-state index is 0.0495. The largest absolute Gasteiger partial charge is 0.357 e. The standard InChI is InChI=1S/C15H19N5O3/c21-13-5-4-12(17-18-13)15(23)20-8-2-7-19(9-10-20)14(22)11-3-1-6-16-11/h1,3,6,16H,2,4-5,7-10H2,(H,18,21). The Morgan fingerprint density at radius 3 is 2.39 bits per heavy atom. The smallest absolute Gasteiger partial charge is 0.270 e. The van der Waals surface area contributed by atoms with Gasteiger partial charge >= 0.3 is 0 Å². The van der Waals surface area contributed by atoms with Gasteiger partial charge in [-0.15, -0.1) is 0 Å². The molecule has 0 radical (unpaired) electrons. The molecule has 0 spiro atoms. The van der Waals surface area contributed by atoms with Gasteiger partial charge in [0.05, 0.1) is 0 Å². The average Bonchev–Trinajstić information content (AvgIpc) is 2.99. The van der Waals surface area contributed by atoms with Crippen molar-refractivity contribution in [2.45, 2.75) is 19.3 Å². The summed E-state index contributed by atoms with van der Waals surface area (Å²) < 4.78 is 0. The Hall–Kier alpha value is -2.64. The molecule has 0 unspecified atom stereocenters. The number of aromatic nitrogens is 1. The van der Waals surface area contributed by atoms with E-state index in [2.05, 4.69) is 15.5 Å². The van der Waals surface area contributed by atoms with E-state index in [9.17, 15) is 14.4 Å². The number of H-pyrrole nitrogens is 1.